The van der Waals surface area contributed by atoms with Gasteiger partial charge in [-0.1, -0.05) is 18.2 Å². The van der Waals surface area contributed by atoms with E-state index in [9.17, 15) is 24.6 Å². The highest BCUT2D eigenvalue weighted by Gasteiger charge is 2.54. The summed E-state index contributed by atoms with van der Waals surface area (Å²) in [6, 6.07) is 9.75. The highest BCUT2D eigenvalue weighted by molar-refractivity contribution is 8.01. The summed E-state index contributed by atoms with van der Waals surface area (Å²) in [5.74, 6) is -1.31. The number of nitrogens with zero attached hydrogens (tertiary/aromatic N) is 3. The molecular formula is C21H21N5O5S3. The average Bonchev–Trinajstić information content (AvgIpc) is 2.85. The maximum absolute atomic E-state index is 12.8. The van der Waals surface area contributed by atoms with Gasteiger partial charge in [0.2, 0.25) is 11.8 Å². The predicted octanol–water partition coefficient (Wildman–Crippen LogP) is 1.26. The van der Waals surface area contributed by atoms with Crippen molar-refractivity contribution in [3.05, 3.63) is 53.2 Å². The van der Waals surface area contributed by atoms with Gasteiger partial charge in [0.05, 0.1) is 5.75 Å². The van der Waals surface area contributed by atoms with E-state index < -0.39 is 23.3 Å². The lowest BCUT2D eigenvalue weighted by Crippen LogP contribution is -2.70. The summed E-state index contributed by atoms with van der Waals surface area (Å²) in [6.45, 7) is 0.365. The molecule has 2 amide bonds. The molecule has 2 aromatic rings. The fourth-order valence-corrected chi connectivity index (χ4v) is 6.70. The number of fused-ring (bicyclic) bond motifs is 1. The second kappa shape index (κ2) is 10.7. The van der Waals surface area contributed by atoms with E-state index in [1.54, 1.807) is 6.07 Å². The number of hydrogen-bond donors (Lipinski definition) is 4. The molecule has 0 aliphatic carbocycles. The van der Waals surface area contributed by atoms with E-state index in [0.29, 0.717) is 28.6 Å². The molecule has 4 rings (SSSR count). The molecule has 3 heterocycles. The van der Waals surface area contributed by atoms with E-state index in [2.05, 4.69) is 15.5 Å². The number of aliphatic carboxylic acids is 1. The molecule has 34 heavy (non-hydrogen) atoms. The van der Waals surface area contributed by atoms with Gasteiger partial charge in [0, 0.05) is 29.0 Å². The zero-order valence-electron chi connectivity index (χ0n) is 17.7. The Balaban J connectivity index is 1.38. The van der Waals surface area contributed by atoms with Gasteiger partial charge in [-0.25, -0.2) is 4.79 Å². The van der Waals surface area contributed by atoms with Crippen molar-refractivity contribution in [3.63, 3.8) is 0 Å². The van der Waals surface area contributed by atoms with E-state index in [-0.39, 0.29) is 23.2 Å². The van der Waals surface area contributed by atoms with E-state index in [4.69, 9.17) is 5.73 Å². The smallest absolute Gasteiger partial charge is 0.352 e. The van der Waals surface area contributed by atoms with E-state index in [1.807, 2.05) is 24.3 Å². The summed E-state index contributed by atoms with van der Waals surface area (Å²) in [6.07, 6.45) is 0. The number of carboxylic acid groups (broad SMARTS) is 1. The fraction of sp³-hybridized carbons (Fsp3) is 0.286. The average molecular weight is 520 g/mol. The van der Waals surface area contributed by atoms with Gasteiger partial charge >= 0.3 is 5.97 Å². The van der Waals surface area contributed by atoms with Crippen LogP contribution in [0.1, 0.15) is 5.56 Å². The SMILES string of the molecule is NCc1ccccc1SCC(=O)NC1C(=O)N2C(C(=O)O)=C(CSc3ccc(O)nn3)CS[C@H]12. The Labute approximate surface area is 207 Å². The topological polar surface area (TPSA) is 159 Å². The molecule has 2 aliphatic heterocycles. The first kappa shape index (κ1) is 24.4. The van der Waals surface area contributed by atoms with Crippen LogP contribution in [-0.4, -0.2) is 71.8 Å². The lowest BCUT2D eigenvalue weighted by Gasteiger charge is -2.49. The molecule has 10 nitrogen and oxygen atoms in total. The molecule has 178 valence electrons. The third kappa shape index (κ3) is 5.17. The number of aromatic hydroxyl groups is 1. The van der Waals surface area contributed by atoms with Gasteiger partial charge in [0.15, 0.2) is 0 Å². The number of hydrogen-bond acceptors (Lipinski definition) is 10. The lowest BCUT2D eigenvalue weighted by atomic mass is 10.0. The molecule has 1 unspecified atom stereocenters. The van der Waals surface area contributed by atoms with Gasteiger partial charge in [-0.05, 0) is 23.3 Å². The highest BCUT2D eigenvalue weighted by atomic mass is 32.2. The number of thioether (sulfide) groups is 3. The van der Waals surface area contributed by atoms with E-state index in [1.165, 1.54) is 46.3 Å². The van der Waals surface area contributed by atoms with Crippen LogP contribution < -0.4 is 11.1 Å². The zero-order chi connectivity index (χ0) is 24.2. The largest absolute Gasteiger partial charge is 0.492 e. The highest BCUT2D eigenvalue weighted by Crippen LogP contribution is 2.41. The van der Waals surface area contributed by atoms with Crippen molar-refractivity contribution >= 4 is 53.1 Å². The molecule has 5 N–H and O–H groups in total. The first-order valence-corrected chi connectivity index (χ1v) is 13.2. The van der Waals surface area contributed by atoms with Crippen LogP contribution in [0.25, 0.3) is 0 Å². The van der Waals surface area contributed by atoms with Crippen molar-refractivity contribution in [3.8, 4) is 5.88 Å². The number of carbonyl (C=O) groups excluding carboxylic acids is 2. The Morgan fingerprint density at radius 2 is 2.00 bits per heavy atom. The lowest BCUT2D eigenvalue weighted by molar-refractivity contribution is -0.150. The predicted molar refractivity (Wildman–Crippen MR) is 129 cm³/mol. The second-order valence-corrected chi connectivity index (χ2v) is 10.4. The summed E-state index contributed by atoms with van der Waals surface area (Å²) >= 11 is 4.02. The number of nitrogens with one attached hydrogen (secondary N) is 1. The number of carboxylic acids is 1. The molecule has 0 spiro atoms. The maximum atomic E-state index is 12.8. The van der Waals surface area contributed by atoms with Crippen LogP contribution in [0.2, 0.25) is 0 Å². The van der Waals surface area contributed by atoms with Crippen LogP contribution in [0, 0.1) is 0 Å². The van der Waals surface area contributed by atoms with E-state index in [0.717, 1.165) is 10.5 Å². The minimum absolute atomic E-state index is 0.0512. The molecule has 0 radical (unpaired) electrons. The van der Waals surface area contributed by atoms with Crippen LogP contribution >= 0.6 is 35.3 Å². The Bertz CT molecular complexity index is 1140. The maximum Gasteiger partial charge on any atom is 0.352 e. The molecular weight excluding hydrogens is 498 g/mol. The summed E-state index contributed by atoms with van der Waals surface area (Å²) < 4.78 is 0. The van der Waals surface area contributed by atoms with Crippen molar-refractivity contribution < 1.29 is 24.6 Å². The zero-order valence-corrected chi connectivity index (χ0v) is 20.2. The molecule has 1 fully saturated rings. The first-order valence-electron chi connectivity index (χ1n) is 10.1. The number of β-lactam (4-membered cyclic amide) rings is 1. The number of amides is 2. The molecule has 1 saturated heterocycles. The number of aromatic nitrogens is 2. The van der Waals surface area contributed by atoms with Crippen LogP contribution in [0.4, 0.5) is 0 Å². The van der Waals surface area contributed by atoms with E-state index >= 15 is 0 Å². The van der Waals surface area contributed by atoms with Crippen LogP contribution in [-0.2, 0) is 20.9 Å². The third-order valence-corrected chi connectivity index (χ3v) is 8.60. The van der Waals surface area contributed by atoms with Crippen molar-refractivity contribution in [1.82, 2.24) is 20.4 Å². The molecule has 0 bridgehead atoms. The Hall–Kier alpha value is -2.74. The summed E-state index contributed by atoms with van der Waals surface area (Å²) in [7, 11) is 0. The van der Waals surface area contributed by atoms with Gasteiger partial charge in [-0.3, -0.25) is 14.5 Å². The Kier molecular flexibility index (Phi) is 7.66. The molecule has 13 heteroatoms. The van der Waals surface area contributed by atoms with Crippen molar-refractivity contribution in [2.45, 2.75) is 27.9 Å². The Morgan fingerprint density at radius 3 is 2.71 bits per heavy atom. The quantitative estimate of drug-likeness (QED) is 0.279. The number of benzene rings is 1. The standard InChI is InChI=1S/C21H21N5O5S3/c22-7-11-3-1-2-4-13(11)32-10-15(28)23-17-19(29)26-18(21(30)31)12(9-34-20(17)26)8-33-16-6-5-14(27)24-25-16/h1-6,17,20H,7-10,22H2,(H,23,28)(H,24,27)(H,30,31)/t17?,20-/m1/s1. The van der Waals surface area contributed by atoms with Crippen LogP contribution in [0.3, 0.4) is 0 Å². The normalized spacial score (nSPS) is 19.4. The van der Waals surface area contributed by atoms with Gasteiger partial charge in [0.25, 0.3) is 5.91 Å². The van der Waals surface area contributed by atoms with Crippen LogP contribution in [0.5, 0.6) is 5.88 Å². The molecule has 2 atom stereocenters. The van der Waals surface area contributed by atoms with Crippen molar-refractivity contribution in [2.75, 3.05) is 17.3 Å². The molecule has 2 aliphatic rings. The molecule has 1 aromatic carbocycles. The van der Waals surface area contributed by atoms with Gasteiger partial charge in [0.1, 0.15) is 22.1 Å². The van der Waals surface area contributed by atoms with Gasteiger partial charge in [-0.2, -0.15) is 0 Å². The van der Waals surface area contributed by atoms with Crippen LogP contribution in [0.15, 0.2) is 57.6 Å². The number of carbonyl (C=O) groups is 3. The molecule has 1 aromatic heterocycles. The number of nitrogens with two attached hydrogens (primary N) is 1. The second-order valence-electron chi connectivity index (χ2n) is 7.33. The summed E-state index contributed by atoms with van der Waals surface area (Å²) in [5.41, 5.74) is 7.20. The minimum atomic E-state index is -1.19. The third-order valence-electron chi connectivity index (χ3n) is 5.14. The minimum Gasteiger partial charge on any atom is -0.492 e. The first-order chi connectivity index (χ1) is 16.4. The fourth-order valence-electron chi connectivity index (χ4n) is 3.52. The summed E-state index contributed by atoms with van der Waals surface area (Å²) in [4.78, 5) is 39.4. The summed E-state index contributed by atoms with van der Waals surface area (Å²) in [5, 5.41) is 29.2. The Morgan fingerprint density at radius 1 is 1.21 bits per heavy atom. The van der Waals surface area contributed by atoms with Crippen molar-refractivity contribution in [2.24, 2.45) is 5.73 Å². The molecule has 0 saturated carbocycles. The van der Waals surface area contributed by atoms with Crippen molar-refractivity contribution in [1.29, 1.82) is 0 Å². The monoisotopic (exact) mass is 519 g/mol. The number of rotatable bonds is 9. The van der Waals surface area contributed by atoms with Gasteiger partial charge in [-0.15, -0.1) is 45.5 Å². The van der Waals surface area contributed by atoms with Gasteiger partial charge < -0.3 is 21.3 Å².